The fraction of sp³-hybridized carbons (Fsp3) is 0.308. The third-order valence-corrected chi connectivity index (χ3v) is 2.60. The highest BCUT2D eigenvalue weighted by atomic mass is 32.1. The molecule has 7 heteroatoms. The van der Waals surface area contributed by atoms with Gasteiger partial charge in [-0.05, 0) is 24.3 Å². The van der Waals surface area contributed by atoms with E-state index in [-0.39, 0.29) is 17.6 Å². The van der Waals surface area contributed by atoms with Crippen molar-refractivity contribution in [1.82, 2.24) is 5.32 Å². The largest absolute Gasteiger partial charge is 0.425 e. The molecule has 0 aliphatic heterocycles. The van der Waals surface area contributed by atoms with Gasteiger partial charge >= 0.3 is 5.97 Å². The molecule has 2 N–H and O–H groups in total. The Morgan fingerprint density at radius 3 is 2.20 bits per heavy atom. The van der Waals surface area contributed by atoms with Gasteiger partial charge in [-0.25, -0.2) is 4.79 Å². The molecule has 1 aromatic carbocycles. The third-order valence-electron chi connectivity index (χ3n) is 2.24. The lowest BCUT2D eigenvalue weighted by Gasteiger charge is -2.14. The van der Waals surface area contributed by atoms with E-state index in [1.807, 2.05) is 0 Å². The van der Waals surface area contributed by atoms with Gasteiger partial charge in [0.1, 0.15) is 11.8 Å². The number of carbonyl (C=O) groups is 3. The summed E-state index contributed by atoms with van der Waals surface area (Å²) in [6.07, 6.45) is 0. The first kappa shape index (κ1) is 16.0. The van der Waals surface area contributed by atoms with Crippen LogP contribution in [0.25, 0.3) is 0 Å². The summed E-state index contributed by atoms with van der Waals surface area (Å²) in [6, 6.07) is 5.51. The number of esters is 1. The molecule has 1 aromatic rings. The molecule has 0 aliphatic carbocycles. The zero-order chi connectivity index (χ0) is 15.1. The molecule has 0 saturated carbocycles. The second kappa shape index (κ2) is 7.54. The van der Waals surface area contributed by atoms with Crippen molar-refractivity contribution in [3.63, 3.8) is 0 Å². The minimum atomic E-state index is -0.800. The lowest BCUT2D eigenvalue weighted by molar-refractivity contribution is -0.138. The van der Waals surface area contributed by atoms with Crippen LogP contribution in [-0.2, 0) is 14.4 Å². The van der Waals surface area contributed by atoms with Crippen molar-refractivity contribution >= 4 is 36.1 Å². The Hall–Kier alpha value is -2.02. The van der Waals surface area contributed by atoms with Crippen molar-refractivity contribution in [2.75, 3.05) is 11.1 Å². The molecule has 1 rings (SSSR count). The van der Waals surface area contributed by atoms with Crippen LogP contribution in [0, 0.1) is 0 Å². The summed E-state index contributed by atoms with van der Waals surface area (Å²) in [5.74, 6) is -0.649. The number of carbonyl (C=O) groups excluding carboxylic acids is 3. The van der Waals surface area contributed by atoms with Crippen molar-refractivity contribution in [2.45, 2.75) is 19.9 Å². The third kappa shape index (κ3) is 5.31. The van der Waals surface area contributed by atoms with Crippen LogP contribution < -0.4 is 15.4 Å². The van der Waals surface area contributed by atoms with Gasteiger partial charge in [0.15, 0.2) is 0 Å². The molecular weight excluding hydrogens is 280 g/mol. The quantitative estimate of drug-likeness (QED) is 0.430. The van der Waals surface area contributed by atoms with E-state index in [0.29, 0.717) is 11.4 Å². The van der Waals surface area contributed by atoms with Crippen molar-refractivity contribution in [3.05, 3.63) is 24.3 Å². The zero-order valence-electron chi connectivity index (χ0n) is 11.2. The highest BCUT2D eigenvalue weighted by Gasteiger charge is 2.19. The highest BCUT2D eigenvalue weighted by Crippen LogP contribution is 2.16. The maximum Gasteiger partial charge on any atom is 0.334 e. The van der Waals surface area contributed by atoms with Crippen molar-refractivity contribution in [3.8, 4) is 5.75 Å². The van der Waals surface area contributed by atoms with Crippen LogP contribution in [0.3, 0.4) is 0 Å². The average Bonchev–Trinajstić information content (AvgIpc) is 2.37. The molecule has 6 nitrogen and oxygen atoms in total. The summed E-state index contributed by atoms with van der Waals surface area (Å²) >= 11 is 3.99. The second-order valence-corrected chi connectivity index (χ2v) is 4.43. The molecular formula is C13H16N2O4S. The minimum absolute atomic E-state index is 0.141. The van der Waals surface area contributed by atoms with Crippen LogP contribution in [0.4, 0.5) is 5.69 Å². The van der Waals surface area contributed by atoms with E-state index in [2.05, 4.69) is 23.3 Å². The number of benzene rings is 1. The van der Waals surface area contributed by atoms with Crippen LogP contribution >= 0.6 is 12.6 Å². The smallest absolute Gasteiger partial charge is 0.334 e. The van der Waals surface area contributed by atoms with Gasteiger partial charge in [0.05, 0.1) is 0 Å². The number of thiol groups is 1. The van der Waals surface area contributed by atoms with Gasteiger partial charge in [-0.1, -0.05) is 0 Å². The maximum absolute atomic E-state index is 11.8. The molecule has 0 aromatic heterocycles. The number of amides is 2. The average molecular weight is 296 g/mol. The summed E-state index contributed by atoms with van der Waals surface area (Å²) in [6.45, 7) is 2.71. The number of ether oxygens (including phenoxy) is 1. The van der Waals surface area contributed by atoms with Gasteiger partial charge in [-0.3, -0.25) is 9.59 Å². The Bertz CT molecular complexity index is 502. The summed E-state index contributed by atoms with van der Waals surface area (Å²) in [5.41, 5.74) is 0.602. The monoisotopic (exact) mass is 296 g/mol. The lowest BCUT2D eigenvalue weighted by Crippen LogP contribution is -2.43. The summed E-state index contributed by atoms with van der Waals surface area (Å²) in [7, 11) is 0. The molecule has 1 atom stereocenters. The Balaban J connectivity index is 2.65. The highest BCUT2D eigenvalue weighted by molar-refractivity contribution is 7.80. The molecule has 0 spiro atoms. The standard InChI is InChI=1S/C13H16N2O4S/c1-8(16)14-10-3-5-11(6-4-10)19-13(18)12(7-20)15-9(2)17/h3-6,12,20H,7H2,1-2H3,(H,14,16)(H,15,17)/t12-/m1/s1. The van der Waals surface area contributed by atoms with Gasteiger partial charge in [-0.15, -0.1) is 0 Å². The Morgan fingerprint density at radius 2 is 1.75 bits per heavy atom. The number of rotatable bonds is 5. The van der Waals surface area contributed by atoms with E-state index < -0.39 is 12.0 Å². The summed E-state index contributed by atoms with van der Waals surface area (Å²) in [4.78, 5) is 33.6. The molecule has 0 heterocycles. The van der Waals surface area contributed by atoms with Crippen molar-refractivity contribution in [2.24, 2.45) is 0 Å². The predicted molar refractivity (Wildman–Crippen MR) is 77.8 cm³/mol. The van der Waals surface area contributed by atoms with E-state index in [1.165, 1.54) is 13.8 Å². The lowest BCUT2D eigenvalue weighted by atomic mass is 10.3. The Labute approximate surface area is 122 Å². The number of hydrogen-bond acceptors (Lipinski definition) is 5. The summed E-state index contributed by atoms with van der Waals surface area (Å²) < 4.78 is 5.11. The molecule has 20 heavy (non-hydrogen) atoms. The van der Waals surface area contributed by atoms with Crippen molar-refractivity contribution in [1.29, 1.82) is 0 Å². The molecule has 108 valence electrons. The fourth-order valence-electron chi connectivity index (χ4n) is 1.42. The zero-order valence-corrected chi connectivity index (χ0v) is 12.1. The number of hydrogen-bond donors (Lipinski definition) is 3. The van der Waals surface area contributed by atoms with Crippen LogP contribution in [0.5, 0.6) is 5.75 Å². The molecule has 0 fully saturated rings. The van der Waals surface area contributed by atoms with Crippen molar-refractivity contribution < 1.29 is 19.1 Å². The topological polar surface area (TPSA) is 84.5 Å². The van der Waals surface area contributed by atoms with E-state index in [0.717, 1.165) is 0 Å². The van der Waals surface area contributed by atoms with Gasteiger partial charge in [-0.2, -0.15) is 12.6 Å². The van der Waals surface area contributed by atoms with Crippen LogP contribution in [-0.4, -0.2) is 29.6 Å². The van der Waals surface area contributed by atoms with E-state index >= 15 is 0 Å². The molecule has 0 bridgehead atoms. The van der Waals surface area contributed by atoms with Gasteiger partial charge in [0, 0.05) is 25.3 Å². The molecule has 2 amide bonds. The molecule has 0 aliphatic rings. The van der Waals surface area contributed by atoms with Crippen LogP contribution in [0.2, 0.25) is 0 Å². The van der Waals surface area contributed by atoms with Gasteiger partial charge in [0.25, 0.3) is 0 Å². The SMILES string of the molecule is CC(=O)Nc1ccc(OC(=O)[C@@H](CS)NC(C)=O)cc1. The first-order chi connectivity index (χ1) is 9.42. The molecule has 0 saturated heterocycles. The fourth-order valence-corrected chi connectivity index (χ4v) is 1.66. The van der Waals surface area contributed by atoms with Crippen LogP contribution in [0.15, 0.2) is 24.3 Å². The number of nitrogens with one attached hydrogen (secondary N) is 2. The van der Waals surface area contributed by atoms with E-state index in [4.69, 9.17) is 4.74 Å². The second-order valence-electron chi connectivity index (χ2n) is 4.06. The normalized spacial score (nSPS) is 11.3. The van der Waals surface area contributed by atoms with Gasteiger partial charge in [0.2, 0.25) is 11.8 Å². The first-order valence-corrected chi connectivity index (χ1v) is 6.53. The number of anilines is 1. The predicted octanol–water partition coefficient (Wildman–Crippen LogP) is 0.985. The minimum Gasteiger partial charge on any atom is -0.425 e. The molecule has 0 unspecified atom stereocenters. The van der Waals surface area contributed by atoms with Crippen LogP contribution in [0.1, 0.15) is 13.8 Å². The first-order valence-electron chi connectivity index (χ1n) is 5.89. The van der Waals surface area contributed by atoms with E-state index in [1.54, 1.807) is 24.3 Å². The maximum atomic E-state index is 11.8. The summed E-state index contributed by atoms with van der Waals surface area (Å²) in [5, 5.41) is 5.04. The molecule has 0 radical (unpaired) electrons. The Kier molecular flexibility index (Phi) is 6.05. The Morgan fingerprint density at radius 1 is 1.15 bits per heavy atom. The van der Waals surface area contributed by atoms with Gasteiger partial charge < -0.3 is 15.4 Å². The van der Waals surface area contributed by atoms with E-state index in [9.17, 15) is 14.4 Å².